The fourth-order valence-electron chi connectivity index (χ4n) is 6.37. The van der Waals surface area contributed by atoms with E-state index in [-0.39, 0.29) is 34.5 Å². The molecule has 5 atom stereocenters. The van der Waals surface area contributed by atoms with E-state index in [2.05, 4.69) is 34.3 Å². The molecular weight excluding hydrogens is 536 g/mol. The lowest BCUT2D eigenvalue weighted by Gasteiger charge is -2.38. The number of rotatable bonds is 3. The number of allylic oxidation sites excluding steroid dienone is 2. The molecule has 1 amide bonds. The number of nitrogens with one attached hydrogen (secondary N) is 2. The Kier molecular flexibility index (Phi) is 6.06. The quantitative estimate of drug-likeness (QED) is 0.215. The summed E-state index contributed by atoms with van der Waals surface area (Å²) in [4.78, 5) is 40.0. The molecule has 0 spiro atoms. The zero-order chi connectivity index (χ0) is 30.2. The average Bonchev–Trinajstić information content (AvgIpc) is 3.65. The maximum atomic E-state index is 14.1. The molecule has 2 aromatic rings. The van der Waals surface area contributed by atoms with E-state index in [1.54, 1.807) is 52.0 Å². The van der Waals surface area contributed by atoms with E-state index in [9.17, 15) is 24.6 Å². The van der Waals surface area contributed by atoms with Crippen LogP contribution in [0.2, 0.25) is 0 Å². The second kappa shape index (κ2) is 9.22. The third-order valence-electron chi connectivity index (χ3n) is 8.16. The van der Waals surface area contributed by atoms with Gasteiger partial charge in [0.2, 0.25) is 0 Å². The van der Waals surface area contributed by atoms with Gasteiger partial charge in [-0.15, -0.1) is 0 Å². The van der Waals surface area contributed by atoms with Gasteiger partial charge in [-0.1, -0.05) is 29.7 Å². The minimum Gasteiger partial charge on any atom is -0.507 e. The summed E-state index contributed by atoms with van der Waals surface area (Å²) in [6.07, 6.45) is 1.65. The summed E-state index contributed by atoms with van der Waals surface area (Å²) in [5.74, 6) is 10.3. The molecule has 0 unspecified atom stereocenters. The van der Waals surface area contributed by atoms with Gasteiger partial charge in [0.05, 0.1) is 28.8 Å². The second-order valence-electron chi connectivity index (χ2n) is 12.0. The van der Waals surface area contributed by atoms with Crippen LogP contribution in [-0.4, -0.2) is 51.2 Å². The first-order valence-corrected chi connectivity index (χ1v) is 13.7. The third-order valence-corrected chi connectivity index (χ3v) is 8.16. The zero-order valence-electron chi connectivity index (χ0n) is 23.8. The average molecular weight is 567 g/mol. The van der Waals surface area contributed by atoms with E-state index in [4.69, 9.17) is 9.47 Å². The Morgan fingerprint density at radius 2 is 1.81 bits per heavy atom. The second-order valence-corrected chi connectivity index (χ2v) is 12.0. The number of phenols is 1. The van der Waals surface area contributed by atoms with Gasteiger partial charge in [-0.25, -0.2) is 4.79 Å². The summed E-state index contributed by atoms with van der Waals surface area (Å²) >= 11 is 0. The fraction of sp³-hybridized carbons (Fsp3) is 0.364. The van der Waals surface area contributed by atoms with Crippen molar-refractivity contribution >= 4 is 23.3 Å². The van der Waals surface area contributed by atoms with Crippen molar-refractivity contribution in [2.45, 2.75) is 70.1 Å². The number of ketones is 2. The van der Waals surface area contributed by atoms with Crippen LogP contribution in [0.15, 0.2) is 36.4 Å². The first-order chi connectivity index (χ1) is 19.8. The standard InChI is InChI=1S/C33H30N2O7/c1-17-10-8-6-7-9-11-24-33(18(2)36)32(17,42-33)22-15-23(37)25-26(27(22)35-24)28(38)20-13-12-19(14-21(20)29(25)39)16-34-30(40)41-31(3,4)5/h6-7,12-15,17-18,24,35-37H,16H2,1-5H3,(H,34,40)/b7-6-/t17-,18-,24+,32-,33+/m1/s1. The van der Waals surface area contributed by atoms with Crippen LogP contribution in [0.1, 0.15) is 77.6 Å². The fourth-order valence-corrected chi connectivity index (χ4v) is 6.37. The summed E-state index contributed by atoms with van der Waals surface area (Å²) in [7, 11) is 0. The van der Waals surface area contributed by atoms with Crippen LogP contribution < -0.4 is 10.6 Å². The highest BCUT2D eigenvalue weighted by Gasteiger charge is 2.81. The number of carbonyl (C=O) groups is 3. The maximum absolute atomic E-state index is 14.1. The third kappa shape index (κ3) is 3.85. The molecule has 9 nitrogen and oxygen atoms in total. The van der Waals surface area contributed by atoms with Crippen LogP contribution in [0.3, 0.4) is 0 Å². The zero-order valence-corrected chi connectivity index (χ0v) is 23.8. The van der Waals surface area contributed by atoms with E-state index in [1.165, 1.54) is 12.1 Å². The Bertz CT molecular complexity index is 1740. The summed E-state index contributed by atoms with van der Waals surface area (Å²) in [5, 5.41) is 28.2. The van der Waals surface area contributed by atoms with E-state index < -0.39 is 52.5 Å². The first-order valence-electron chi connectivity index (χ1n) is 13.7. The van der Waals surface area contributed by atoms with Crippen molar-refractivity contribution in [1.29, 1.82) is 0 Å². The predicted octanol–water partition coefficient (Wildman–Crippen LogP) is 3.54. The number of hydrogen-bond donors (Lipinski definition) is 4. The minimum absolute atomic E-state index is 0.0239. The topological polar surface area (TPSA) is 137 Å². The van der Waals surface area contributed by atoms with Crippen molar-refractivity contribution in [1.82, 2.24) is 5.32 Å². The number of aromatic hydroxyl groups is 1. The number of carbonyl (C=O) groups excluding carboxylic acids is 3. The Balaban J connectivity index is 1.45. The van der Waals surface area contributed by atoms with Crippen molar-refractivity contribution in [3.8, 4) is 29.4 Å². The largest absolute Gasteiger partial charge is 0.507 e. The Morgan fingerprint density at radius 1 is 1.12 bits per heavy atom. The number of benzene rings is 2. The van der Waals surface area contributed by atoms with Gasteiger partial charge in [0.1, 0.15) is 23.0 Å². The molecule has 2 bridgehead atoms. The highest BCUT2D eigenvalue weighted by atomic mass is 16.6. The first kappa shape index (κ1) is 27.6. The van der Waals surface area contributed by atoms with Gasteiger partial charge < -0.3 is 30.3 Å². The molecule has 0 saturated carbocycles. The SMILES string of the molecule is C[C@@H]1C#C/C=C\C#C[C@@H]2Nc3c(cc(O)c4c3C(=O)c3ccc(CNC(=O)OC(C)(C)C)cc3C4=O)[C@]13O[C@@]23[C@@H](C)O. The molecule has 9 heteroatoms. The number of aliphatic hydroxyl groups excluding tert-OH is 1. The molecule has 0 aromatic heterocycles. The van der Waals surface area contributed by atoms with Gasteiger partial charge in [0.15, 0.2) is 17.2 Å². The Hall–Kier alpha value is -4.57. The van der Waals surface area contributed by atoms with Crippen LogP contribution in [0.25, 0.3) is 0 Å². The Morgan fingerprint density at radius 3 is 2.50 bits per heavy atom. The molecule has 42 heavy (non-hydrogen) atoms. The molecular formula is C33H30N2O7. The smallest absolute Gasteiger partial charge is 0.407 e. The molecule has 214 valence electrons. The Labute approximate surface area is 243 Å². The highest BCUT2D eigenvalue weighted by Crippen LogP contribution is 2.68. The summed E-state index contributed by atoms with van der Waals surface area (Å²) in [6, 6.07) is 5.43. The van der Waals surface area contributed by atoms with E-state index in [1.807, 2.05) is 6.92 Å². The number of aliphatic hydroxyl groups is 1. The van der Waals surface area contributed by atoms with Crippen LogP contribution >= 0.6 is 0 Å². The number of ether oxygens (including phenoxy) is 2. The summed E-state index contributed by atoms with van der Waals surface area (Å²) < 4.78 is 11.7. The lowest BCUT2D eigenvalue weighted by molar-refractivity contribution is 0.0523. The normalized spacial score (nSPS) is 27.6. The molecule has 2 aromatic carbocycles. The lowest BCUT2D eigenvalue weighted by atomic mass is 9.67. The molecule has 2 aliphatic carbocycles. The number of alkyl carbamates (subject to hydrolysis) is 1. The summed E-state index contributed by atoms with van der Waals surface area (Å²) in [6.45, 7) is 8.81. The number of anilines is 1. The van der Waals surface area contributed by atoms with Crippen LogP contribution in [0.5, 0.6) is 5.75 Å². The molecule has 4 N–H and O–H groups in total. The van der Waals surface area contributed by atoms with E-state index in [0.717, 1.165) is 0 Å². The van der Waals surface area contributed by atoms with Gasteiger partial charge in [0.25, 0.3) is 0 Å². The van der Waals surface area contributed by atoms with Crippen molar-refractivity contribution in [2.24, 2.45) is 5.92 Å². The van der Waals surface area contributed by atoms with Crippen LogP contribution in [0.4, 0.5) is 10.5 Å². The van der Waals surface area contributed by atoms with Gasteiger partial charge in [0, 0.05) is 23.2 Å². The molecule has 6 rings (SSSR count). The molecule has 1 fully saturated rings. The predicted molar refractivity (Wildman–Crippen MR) is 153 cm³/mol. The number of phenolic OH excluding ortho intramolecular Hbond substituents is 1. The van der Waals surface area contributed by atoms with Gasteiger partial charge in [-0.05, 0) is 70.5 Å². The highest BCUT2D eigenvalue weighted by molar-refractivity contribution is 6.31. The lowest BCUT2D eigenvalue weighted by Crippen LogP contribution is -2.53. The van der Waals surface area contributed by atoms with Crippen molar-refractivity contribution in [3.05, 3.63) is 69.8 Å². The number of amides is 1. The van der Waals surface area contributed by atoms with Crippen LogP contribution in [-0.2, 0) is 21.6 Å². The maximum Gasteiger partial charge on any atom is 0.407 e. The molecule has 0 radical (unpaired) electrons. The molecule has 2 heterocycles. The van der Waals surface area contributed by atoms with Crippen molar-refractivity contribution in [2.75, 3.05) is 5.32 Å². The van der Waals surface area contributed by atoms with Gasteiger partial charge in [-0.3, -0.25) is 9.59 Å². The van der Waals surface area contributed by atoms with E-state index >= 15 is 0 Å². The monoisotopic (exact) mass is 566 g/mol. The van der Waals surface area contributed by atoms with Crippen LogP contribution in [0, 0.1) is 29.6 Å². The van der Waals surface area contributed by atoms with Crippen molar-refractivity contribution in [3.63, 3.8) is 0 Å². The molecule has 4 aliphatic rings. The van der Waals surface area contributed by atoms with Gasteiger partial charge >= 0.3 is 6.09 Å². The number of hydrogen-bond acceptors (Lipinski definition) is 8. The minimum atomic E-state index is -1.19. The summed E-state index contributed by atoms with van der Waals surface area (Å²) in [5.41, 5.74) is -1.52. The number of epoxide rings is 1. The molecule has 1 saturated heterocycles. The van der Waals surface area contributed by atoms with E-state index in [0.29, 0.717) is 16.8 Å². The van der Waals surface area contributed by atoms with Gasteiger partial charge in [-0.2, -0.15) is 0 Å². The molecule has 2 aliphatic heterocycles. The number of fused-ring (bicyclic) bond motifs is 4. The van der Waals surface area contributed by atoms with Crippen molar-refractivity contribution < 1.29 is 34.1 Å².